The Morgan fingerprint density at radius 1 is 0.593 bits per heavy atom. The molecular formula is C25H21NS. The fraction of sp³-hybridized carbons (Fsp3) is 0.0400. The van der Waals surface area contributed by atoms with E-state index >= 15 is 0 Å². The maximum absolute atomic E-state index is 2.34. The quantitative estimate of drug-likeness (QED) is 0.335. The van der Waals surface area contributed by atoms with Gasteiger partial charge in [-0.3, -0.25) is 0 Å². The summed E-state index contributed by atoms with van der Waals surface area (Å²) in [6.07, 6.45) is 2.12. The summed E-state index contributed by atoms with van der Waals surface area (Å²) in [5.41, 5.74) is 5.93. The zero-order chi connectivity index (χ0) is 18.5. The number of nitrogens with zero attached hydrogens (tertiary/aromatic N) is 1. The second-order valence-corrected chi connectivity index (χ2v) is 7.14. The van der Waals surface area contributed by atoms with E-state index in [9.17, 15) is 0 Å². The summed E-state index contributed by atoms with van der Waals surface area (Å²) in [5.74, 6) is 0. The second kappa shape index (κ2) is 8.15. The van der Waals surface area contributed by atoms with Crippen molar-refractivity contribution in [1.29, 1.82) is 0 Å². The average molecular weight is 368 g/mol. The third-order valence-electron chi connectivity index (χ3n) is 4.56. The molecule has 4 aromatic carbocycles. The predicted molar refractivity (Wildman–Crippen MR) is 118 cm³/mol. The molecule has 0 atom stereocenters. The van der Waals surface area contributed by atoms with Gasteiger partial charge in [-0.05, 0) is 48.2 Å². The van der Waals surface area contributed by atoms with Gasteiger partial charge in [-0.2, -0.15) is 0 Å². The monoisotopic (exact) mass is 367 g/mol. The highest BCUT2D eigenvalue weighted by Crippen LogP contribution is 2.42. The van der Waals surface area contributed by atoms with Crippen LogP contribution in [0, 0.1) is 0 Å². The van der Waals surface area contributed by atoms with Crippen LogP contribution in [0.3, 0.4) is 0 Å². The Morgan fingerprint density at radius 3 is 1.63 bits per heavy atom. The minimum absolute atomic E-state index is 1.15. The lowest BCUT2D eigenvalue weighted by Gasteiger charge is -2.28. The number of anilines is 3. The van der Waals surface area contributed by atoms with Gasteiger partial charge in [0.2, 0.25) is 0 Å². The second-order valence-electron chi connectivity index (χ2n) is 6.26. The molecule has 4 aromatic rings. The first kappa shape index (κ1) is 17.4. The zero-order valence-corrected chi connectivity index (χ0v) is 16.1. The van der Waals surface area contributed by atoms with E-state index in [0.29, 0.717) is 0 Å². The summed E-state index contributed by atoms with van der Waals surface area (Å²) in [6.45, 7) is 0. The van der Waals surface area contributed by atoms with Crippen LogP contribution < -0.4 is 4.90 Å². The first-order valence-electron chi connectivity index (χ1n) is 9.00. The van der Waals surface area contributed by atoms with E-state index in [-0.39, 0.29) is 0 Å². The lowest BCUT2D eigenvalue weighted by atomic mass is 10.0. The van der Waals surface area contributed by atoms with Gasteiger partial charge in [-0.25, -0.2) is 0 Å². The van der Waals surface area contributed by atoms with E-state index in [1.54, 1.807) is 11.8 Å². The molecule has 0 heterocycles. The SMILES string of the molecule is CSc1ccc(-c2ccccc2)c(N(c2ccccc2)c2ccccc2)c1. The van der Waals surface area contributed by atoms with Crippen molar-refractivity contribution in [2.45, 2.75) is 4.90 Å². The molecule has 0 saturated carbocycles. The van der Waals surface area contributed by atoms with Crippen molar-refractivity contribution in [2.75, 3.05) is 11.2 Å². The molecule has 0 saturated heterocycles. The summed E-state index contributed by atoms with van der Waals surface area (Å²) in [5, 5.41) is 0. The molecule has 0 aliphatic heterocycles. The number of rotatable bonds is 5. The molecule has 0 aliphatic rings. The van der Waals surface area contributed by atoms with E-state index < -0.39 is 0 Å². The Bertz CT molecular complexity index is 959. The summed E-state index contributed by atoms with van der Waals surface area (Å²) in [4.78, 5) is 3.59. The fourth-order valence-corrected chi connectivity index (χ4v) is 3.70. The highest BCUT2D eigenvalue weighted by Gasteiger charge is 2.17. The molecule has 132 valence electrons. The predicted octanol–water partition coefficient (Wildman–Crippen LogP) is 7.55. The minimum Gasteiger partial charge on any atom is -0.310 e. The van der Waals surface area contributed by atoms with Crippen LogP contribution in [0.2, 0.25) is 0 Å². The van der Waals surface area contributed by atoms with Crippen LogP contribution in [0.4, 0.5) is 17.1 Å². The Labute approximate surface area is 165 Å². The Balaban J connectivity index is 1.97. The van der Waals surface area contributed by atoms with Gasteiger partial charge in [0, 0.05) is 21.8 Å². The van der Waals surface area contributed by atoms with E-state index in [4.69, 9.17) is 0 Å². The van der Waals surface area contributed by atoms with Gasteiger partial charge < -0.3 is 4.90 Å². The van der Waals surface area contributed by atoms with Gasteiger partial charge in [0.05, 0.1) is 5.69 Å². The molecule has 0 bridgehead atoms. The molecule has 0 radical (unpaired) electrons. The lowest BCUT2D eigenvalue weighted by Crippen LogP contribution is -2.11. The molecule has 27 heavy (non-hydrogen) atoms. The molecule has 0 unspecified atom stereocenters. The van der Waals surface area contributed by atoms with Gasteiger partial charge >= 0.3 is 0 Å². The number of benzene rings is 4. The molecular weight excluding hydrogens is 346 g/mol. The zero-order valence-electron chi connectivity index (χ0n) is 15.2. The largest absolute Gasteiger partial charge is 0.310 e. The smallest absolute Gasteiger partial charge is 0.0551 e. The van der Waals surface area contributed by atoms with E-state index in [0.717, 1.165) is 11.4 Å². The van der Waals surface area contributed by atoms with Crippen LogP contribution in [0.1, 0.15) is 0 Å². The van der Waals surface area contributed by atoms with Crippen molar-refractivity contribution >= 4 is 28.8 Å². The first-order chi connectivity index (χ1) is 13.4. The van der Waals surface area contributed by atoms with Crippen molar-refractivity contribution in [3.8, 4) is 11.1 Å². The number of hydrogen-bond donors (Lipinski definition) is 0. The van der Waals surface area contributed by atoms with Crippen LogP contribution in [-0.2, 0) is 0 Å². The molecule has 1 nitrogen and oxygen atoms in total. The third-order valence-corrected chi connectivity index (χ3v) is 5.28. The van der Waals surface area contributed by atoms with Crippen molar-refractivity contribution in [1.82, 2.24) is 0 Å². The van der Waals surface area contributed by atoms with Gasteiger partial charge in [0.25, 0.3) is 0 Å². The molecule has 0 N–H and O–H groups in total. The first-order valence-corrected chi connectivity index (χ1v) is 10.2. The fourth-order valence-electron chi connectivity index (χ4n) is 3.27. The maximum atomic E-state index is 2.34. The molecule has 0 spiro atoms. The Hall–Kier alpha value is -2.97. The molecule has 0 aromatic heterocycles. The summed E-state index contributed by atoms with van der Waals surface area (Å²) < 4.78 is 0. The van der Waals surface area contributed by atoms with E-state index in [1.807, 2.05) is 0 Å². The van der Waals surface area contributed by atoms with Crippen molar-refractivity contribution in [3.63, 3.8) is 0 Å². The van der Waals surface area contributed by atoms with Gasteiger partial charge in [-0.1, -0.05) is 72.8 Å². The number of para-hydroxylation sites is 2. The maximum Gasteiger partial charge on any atom is 0.0551 e. The molecule has 4 rings (SSSR count). The lowest BCUT2D eigenvalue weighted by molar-refractivity contribution is 1.26. The van der Waals surface area contributed by atoms with E-state index in [1.165, 1.54) is 21.7 Å². The highest BCUT2D eigenvalue weighted by atomic mass is 32.2. The average Bonchev–Trinajstić information content (AvgIpc) is 2.76. The van der Waals surface area contributed by atoms with Crippen LogP contribution in [0.25, 0.3) is 11.1 Å². The van der Waals surface area contributed by atoms with E-state index in [2.05, 4.69) is 120 Å². The van der Waals surface area contributed by atoms with Crippen molar-refractivity contribution in [3.05, 3.63) is 109 Å². The molecule has 0 amide bonds. The minimum atomic E-state index is 1.15. The van der Waals surface area contributed by atoms with Crippen LogP contribution in [0.5, 0.6) is 0 Å². The third kappa shape index (κ3) is 3.76. The molecule has 2 heteroatoms. The van der Waals surface area contributed by atoms with Crippen molar-refractivity contribution < 1.29 is 0 Å². The molecule has 0 fully saturated rings. The van der Waals surface area contributed by atoms with Gasteiger partial charge in [-0.15, -0.1) is 11.8 Å². The summed E-state index contributed by atoms with van der Waals surface area (Å²) >= 11 is 1.77. The summed E-state index contributed by atoms with van der Waals surface area (Å²) in [7, 11) is 0. The number of thioether (sulfide) groups is 1. The summed E-state index contributed by atoms with van der Waals surface area (Å²) in [6, 6.07) is 38.4. The molecule has 0 aliphatic carbocycles. The van der Waals surface area contributed by atoms with Crippen LogP contribution in [0.15, 0.2) is 114 Å². The Morgan fingerprint density at radius 2 is 1.11 bits per heavy atom. The topological polar surface area (TPSA) is 3.24 Å². The van der Waals surface area contributed by atoms with Crippen molar-refractivity contribution in [2.24, 2.45) is 0 Å². The van der Waals surface area contributed by atoms with Crippen LogP contribution >= 0.6 is 11.8 Å². The van der Waals surface area contributed by atoms with Gasteiger partial charge in [0.1, 0.15) is 0 Å². The number of hydrogen-bond acceptors (Lipinski definition) is 2. The standard InChI is InChI=1S/C25H21NS/c1-27-23-17-18-24(20-11-5-2-6-12-20)25(19-23)26(21-13-7-3-8-14-21)22-15-9-4-10-16-22/h2-19H,1H3. The van der Waals surface area contributed by atoms with Gasteiger partial charge in [0.15, 0.2) is 0 Å². The van der Waals surface area contributed by atoms with Crippen LogP contribution in [-0.4, -0.2) is 6.26 Å². The normalized spacial score (nSPS) is 10.6. The Kier molecular flexibility index (Phi) is 5.27. The highest BCUT2D eigenvalue weighted by molar-refractivity contribution is 7.98.